The molecule has 2 bridgehead atoms. The van der Waals surface area contributed by atoms with Crippen LogP contribution in [0.2, 0.25) is 0 Å². The van der Waals surface area contributed by atoms with Crippen molar-refractivity contribution in [3.8, 4) is 29.6 Å². The van der Waals surface area contributed by atoms with Crippen LogP contribution in [0.5, 0.6) is 6.01 Å². The number of benzene rings is 2. The van der Waals surface area contributed by atoms with Crippen molar-refractivity contribution in [3.63, 3.8) is 0 Å². The van der Waals surface area contributed by atoms with E-state index < -0.39 is 38.2 Å². The largest absolute Gasteiger partial charge is 0.461 e. The molecule has 8 rings (SSSR count). The van der Waals surface area contributed by atoms with Crippen LogP contribution in [0.4, 0.5) is 23.3 Å². The molecule has 4 aliphatic rings. The number of fused-ring (bicyclic) bond motifs is 5. The van der Waals surface area contributed by atoms with Crippen LogP contribution >= 0.6 is 0 Å². The number of amides is 1. The summed E-state index contributed by atoms with van der Waals surface area (Å²) in [6.45, 7) is 6.85. The average Bonchev–Trinajstić information content (AvgIpc) is 3.75. The van der Waals surface area contributed by atoms with Crippen molar-refractivity contribution >= 4 is 43.8 Å². The molecule has 4 aliphatic heterocycles. The van der Waals surface area contributed by atoms with Gasteiger partial charge in [-0.05, 0) is 70.9 Å². The molecule has 4 atom stereocenters. The highest BCUT2D eigenvalue weighted by atomic mass is 32.3. The number of pyridine rings is 1. The average molecular weight is 749 g/mol. The van der Waals surface area contributed by atoms with Gasteiger partial charge in [0, 0.05) is 36.8 Å². The third-order valence-corrected chi connectivity index (χ3v) is 12.2. The minimum atomic E-state index is -4.77. The Hall–Kier alpha value is -4.68. The van der Waals surface area contributed by atoms with Gasteiger partial charge >= 0.3 is 22.3 Å². The highest BCUT2D eigenvalue weighted by Crippen LogP contribution is 2.43. The van der Waals surface area contributed by atoms with Gasteiger partial charge in [0.2, 0.25) is 0 Å². The zero-order chi connectivity index (χ0) is 37.4. The molecule has 4 saturated heterocycles. The summed E-state index contributed by atoms with van der Waals surface area (Å²) in [5.74, 6) is 1.34. The molecular formula is C38H39F3N6O5S. The van der Waals surface area contributed by atoms with Crippen molar-refractivity contribution in [2.75, 3.05) is 37.7 Å². The normalized spacial score (nSPS) is 24.5. The summed E-state index contributed by atoms with van der Waals surface area (Å²) in [6, 6.07) is 7.40. The van der Waals surface area contributed by atoms with Crippen molar-refractivity contribution in [3.05, 3.63) is 53.7 Å². The van der Waals surface area contributed by atoms with Crippen LogP contribution in [0.15, 0.2) is 36.5 Å². The molecule has 0 saturated carbocycles. The predicted octanol–water partition coefficient (Wildman–Crippen LogP) is 5.98. The quantitative estimate of drug-likeness (QED) is 0.172. The monoisotopic (exact) mass is 748 g/mol. The number of nitrogens with zero attached hydrogens (tertiary/aromatic N) is 6. The van der Waals surface area contributed by atoms with E-state index in [1.165, 1.54) is 12.3 Å². The number of halogens is 3. The third-order valence-electron chi connectivity index (χ3n) is 11.1. The van der Waals surface area contributed by atoms with E-state index in [1.54, 1.807) is 29.2 Å². The Bertz CT molecular complexity index is 2300. The van der Waals surface area contributed by atoms with Gasteiger partial charge in [0.1, 0.15) is 40.3 Å². The lowest BCUT2D eigenvalue weighted by Gasteiger charge is -2.42. The van der Waals surface area contributed by atoms with Crippen molar-refractivity contribution in [2.24, 2.45) is 0 Å². The molecule has 4 fully saturated rings. The van der Waals surface area contributed by atoms with Gasteiger partial charge < -0.3 is 14.4 Å². The molecule has 6 heterocycles. The molecule has 4 aromatic rings. The van der Waals surface area contributed by atoms with Crippen molar-refractivity contribution in [2.45, 2.75) is 81.3 Å². The number of hydrogen-bond acceptors (Lipinski definition) is 10. The summed E-state index contributed by atoms with van der Waals surface area (Å²) in [7, 11) is -4.77. The van der Waals surface area contributed by atoms with E-state index in [0.717, 1.165) is 19.3 Å². The van der Waals surface area contributed by atoms with Gasteiger partial charge in [0.05, 0.1) is 28.6 Å². The second-order valence-electron chi connectivity index (χ2n) is 15.5. The first-order chi connectivity index (χ1) is 25.2. The molecule has 11 nitrogen and oxygen atoms in total. The second kappa shape index (κ2) is 12.7. The van der Waals surface area contributed by atoms with E-state index in [0.29, 0.717) is 48.0 Å². The summed E-state index contributed by atoms with van der Waals surface area (Å²) < 4.78 is 81.8. The zero-order valence-electron chi connectivity index (χ0n) is 29.6. The Balaban J connectivity index is 1.21. The SMILES string of the molecule is C#Cc1c(F)ccc2cccc(-c3ncc4c(N5C[C@H]6CC[C@@H](C5)N6C(=O)OC(C)(C)C)nc(OC[C@@]56CCCN5C[C@H](S(=O)(=O)F)C6)nc4c3F)c12. The van der Waals surface area contributed by atoms with Gasteiger partial charge in [-0.2, -0.15) is 18.4 Å². The fraction of sp³-hybridized carbons (Fsp3) is 0.474. The van der Waals surface area contributed by atoms with E-state index >= 15 is 4.39 Å². The molecule has 0 radical (unpaired) electrons. The zero-order valence-corrected chi connectivity index (χ0v) is 30.4. The number of piperazine rings is 1. The highest BCUT2D eigenvalue weighted by Gasteiger charge is 2.53. The van der Waals surface area contributed by atoms with Gasteiger partial charge in [-0.15, -0.1) is 10.3 Å². The van der Waals surface area contributed by atoms with Gasteiger partial charge in [-0.25, -0.2) is 13.6 Å². The van der Waals surface area contributed by atoms with E-state index in [1.807, 2.05) is 30.6 Å². The Kier molecular flexibility index (Phi) is 8.49. The Morgan fingerprint density at radius 3 is 2.55 bits per heavy atom. The number of hydrogen-bond donors (Lipinski definition) is 0. The number of carbonyl (C=O) groups excluding carboxylic acids is 1. The molecule has 0 aliphatic carbocycles. The molecule has 53 heavy (non-hydrogen) atoms. The maximum Gasteiger partial charge on any atom is 0.410 e. The molecule has 0 spiro atoms. The standard InChI is InChI=1S/C38H39F3N6O5S/c1-5-26-29(39)13-10-22-8-6-9-27(30(22)26)32-31(40)33-28(17-42-32)34(45-18-23-11-12-24(19-45)47(23)36(48)52-37(2,3)4)44-35(43-33)51-21-38-14-7-15-46(38)20-25(16-38)53(41,49)50/h1,6,8-10,13,17,23-25H,7,11-12,14-16,18-21H2,2-4H3/t23-,24+,25-,38+/m1/s1. The number of anilines is 1. The fourth-order valence-corrected chi connectivity index (χ4v) is 9.62. The molecule has 0 N–H and O–H groups in total. The van der Waals surface area contributed by atoms with Crippen LogP contribution in [-0.2, 0) is 15.0 Å². The Morgan fingerprint density at radius 1 is 1.09 bits per heavy atom. The minimum Gasteiger partial charge on any atom is -0.461 e. The molecule has 15 heteroatoms. The first-order valence-corrected chi connectivity index (χ1v) is 19.2. The molecule has 2 aromatic heterocycles. The highest BCUT2D eigenvalue weighted by molar-refractivity contribution is 7.87. The number of carbonyl (C=O) groups is 1. The Labute approximate surface area is 305 Å². The molecule has 1 amide bonds. The summed E-state index contributed by atoms with van der Waals surface area (Å²) in [5.41, 5.74) is -1.34. The van der Waals surface area contributed by atoms with Gasteiger partial charge in [-0.3, -0.25) is 14.8 Å². The van der Waals surface area contributed by atoms with Crippen LogP contribution in [-0.4, -0.2) is 101 Å². The minimum absolute atomic E-state index is 0.0179. The molecule has 278 valence electrons. The maximum atomic E-state index is 17.0. The first kappa shape index (κ1) is 35.4. The van der Waals surface area contributed by atoms with E-state index in [4.69, 9.17) is 20.9 Å². The summed E-state index contributed by atoms with van der Waals surface area (Å²) in [6.07, 6.45) is 9.73. The van der Waals surface area contributed by atoms with Crippen molar-refractivity contribution in [1.29, 1.82) is 0 Å². The predicted molar refractivity (Wildman–Crippen MR) is 193 cm³/mol. The molecule has 0 unspecified atom stereocenters. The van der Waals surface area contributed by atoms with Gasteiger partial charge in [0.15, 0.2) is 5.82 Å². The topological polar surface area (TPSA) is 118 Å². The lowest BCUT2D eigenvalue weighted by atomic mass is 9.95. The number of terminal acetylenes is 1. The van der Waals surface area contributed by atoms with E-state index in [2.05, 4.69) is 15.9 Å². The summed E-state index contributed by atoms with van der Waals surface area (Å²) in [4.78, 5) is 32.8. The lowest BCUT2D eigenvalue weighted by molar-refractivity contribution is 0.0122. The maximum absolute atomic E-state index is 17.0. The number of aromatic nitrogens is 3. The van der Waals surface area contributed by atoms with Crippen LogP contribution in [0.3, 0.4) is 0 Å². The third kappa shape index (κ3) is 6.19. The van der Waals surface area contributed by atoms with Crippen LogP contribution in [0.25, 0.3) is 32.9 Å². The van der Waals surface area contributed by atoms with Crippen LogP contribution in [0, 0.1) is 24.0 Å². The van der Waals surface area contributed by atoms with Crippen molar-refractivity contribution < 1.29 is 35.4 Å². The van der Waals surface area contributed by atoms with E-state index in [-0.39, 0.29) is 66.1 Å². The van der Waals surface area contributed by atoms with Crippen LogP contribution < -0.4 is 9.64 Å². The van der Waals surface area contributed by atoms with Gasteiger partial charge in [0.25, 0.3) is 0 Å². The van der Waals surface area contributed by atoms with Gasteiger partial charge in [-0.1, -0.05) is 30.2 Å². The Morgan fingerprint density at radius 2 is 1.85 bits per heavy atom. The smallest absolute Gasteiger partial charge is 0.410 e. The number of rotatable bonds is 6. The van der Waals surface area contributed by atoms with Crippen LogP contribution in [0.1, 0.15) is 58.4 Å². The number of ether oxygens (including phenoxy) is 2. The van der Waals surface area contributed by atoms with E-state index in [9.17, 15) is 21.5 Å². The summed E-state index contributed by atoms with van der Waals surface area (Å²) in [5, 5.41) is 0.0768. The summed E-state index contributed by atoms with van der Waals surface area (Å²) >= 11 is 0. The first-order valence-electron chi connectivity index (χ1n) is 17.8. The lowest BCUT2D eigenvalue weighted by Crippen LogP contribution is -2.57. The fourth-order valence-electron chi connectivity index (χ4n) is 8.75. The second-order valence-corrected chi connectivity index (χ2v) is 17.1. The molecule has 2 aromatic carbocycles. The molecular weight excluding hydrogens is 710 g/mol. The van der Waals surface area contributed by atoms with Crippen molar-refractivity contribution in [1.82, 2.24) is 24.8 Å².